The number of fused-ring (bicyclic) bond motifs is 1. The Kier molecular flexibility index (Phi) is 4.57. The van der Waals surface area contributed by atoms with E-state index in [2.05, 4.69) is 43.9 Å². The number of hydrogen-bond donors (Lipinski definition) is 1. The van der Waals surface area contributed by atoms with Gasteiger partial charge in [0, 0.05) is 23.2 Å². The summed E-state index contributed by atoms with van der Waals surface area (Å²) >= 11 is 1.99. The fourth-order valence-corrected chi connectivity index (χ4v) is 3.69. The predicted molar refractivity (Wildman–Crippen MR) is 81.7 cm³/mol. The van der Waals surface area contributed by atoms with E-state index in [1.54, 1.807) is 0 Å². The van der Waals surface area contributed by atoms with Crippen LogP contribution in [0.4, 0.5) is 5.69 Å². The third-order valence-electron chi connectivity index (χ3n) is 3.55. The molecule has 0 spiro atoms. The fraction of sp³-hybridized carbons (Fsp3) is 0.600. The minimum atomic E-state index is 0.575. The van der Waals surface area contributed by atoms with E-state index in [-0.39, 0.29) is 0 Å². The summed E-state index contributed by atoms with van der Waals surface area (Å²) < 4.78 is 0. The number of thioether (sulfide) groups is 1. The van der Waals surface area contributed by atoms with E-state index in [1.807, 2.05) is 11.8 Å². The highest BCUT2D eigenvalue weighted by Crippen LogP contribution is 2.42. The second-order valence-corrected chi connectivity index (χ2v) is 6.41. The van der Waals surface area contributed by atoms with Crippen LogP contribution in [0.25, 0.3) is 0 Å². The zero-order chi connectivity index (χ0) is 13.1. The molecule has 2 N–H and O–H groups in total. The summed E-state index contributed by atoms with van der Waals surface area (Å²) in [6.07, 6.45) is 1.07. The number of rotatable bonds is 4. The number of benzene rings is 1. The van der Waals surface area contributed by atoms with Crippen molar-refractivity contribution in [3.63, 3.8) is 0 Å². The predicted octanol–water partition coefficient (Wildman–Crippen LogP) is 3.46. The van der Waals surface area contributed by atoms with Crippen molar-refractivity contribution in [2.75, 3.05) is 23.7 Å². The van der Waals surface area contributed by atoms with Crippen molar-refractivity contribution < 1.29 is 0 Å². The molecule has 3 heteroatoms. The molecule has 0 aromatic heterocycles. The van der Waals surface area contributed by atoms with Crippen LogP contribution in [0.2, 0.25) is 0 Å². The quantitative estimate of drug-likeness (QED) is 0.903. The largest absolute Gasteiger partial charge is 0.367 e. The maximum Gasteiger partial charge on any atom is 0.0542 e. The second-order valence-electron chi connectivity index (χ2n) is 5.34. The van der Waals surface area contributed by atoms with E-state index >= 15 is 0 Å². The first-order chi connectivity index (χ1) is 8.65. The molecule has 0 radical (unpaired) electrons. The van der Waals surface area contributed by atoms with Gasteiger partial charge in [-0.15, -0.1) is 11.8 Å². The van der Waals surface area contributed by atoms with Gasteiger partial charge in [-0.05, 0) is 37.4 Å². The van der Waals surface area contributed by atoms with Crippen LogP contribution in [0.5, 0.6) is 0 Å². The monoisotopic (exact) mass is 264 g/mol. The van der Waals surface area contributed by atoms with Crippen LogP contribution in [-0.2, 0) is 0 Å². The lowest BCUT2D eigenvalue weighted by molar-refractivity contribution is 0.644. The summed E-state index contributed by atoms with van der Waals surface area (Å²) in [5.41, 5.74) is 8.62. The molecule has 1 aromatic rings. The fourth-order valence-electron chi connectivity index (χ4n) is 2.54. The maximum atomic E-state index is 5.68. The molecule has 1 aromatic carbocycles. The summed E-state index contributed by atoms with van der Waals surface area (Å²) in [5.74, 6) is 1.75. The Bertz CT molecular complexity index is 403. The lowest BCUT2D eigenvalue weighted by Crippen LogP contribution is -2.39. The third kappa shape index (κ3) is 2.67. The highest BCUT2D eigenvalue weighted by atomic mass is 32.2. The molecule has 0 saturated carbocycles. The third-order valence-corrected chi connectivity index (χ3v) is 4.84. The van der Waals surface area contributed by atoms with Crippen LogP contribution in [0.1, 0.15) is 38.7 Å². The molecular weight excluding hydrogens is 240 g/mol. The van der Waals surface area contributed by atoms with Gasteiger partial charge in [0.25, 0.3) is 0 Å². The lowest BCUT2D eigenvalue weighted by atomic mass is 9.99. The van der Waals surface area contributed by atoms with E-state index in [1.165, 1.54) is 21.9 Å². The van der Waals surface area contributed by atoms with Gasteiger partial charge in [-0.25, -0.2) is 0 Å². The molecule has 2 nitrogen and oxygen atoms in total. The van der Waals surface area contributed by atoms with Gasteiger partial charge in [0.1, 0.15) is 0 Å². The van der Waals surface area contributed by atoms with Gasteiger partial charge in [0.15, 0.2) is 0 Å². The first kappa shape index (κ1) is 13.8. The van der Waals surface area contributed by atoms with Crippen LogP contribution < -0.4 is 10.6 Å². The lowest BCUT2D eigenvalue weighted by Gasteiger charge is -2.39. The first-order valence-corrected chi connectivity index (χ1v) is 7.86. The molecule has 0 aliphatic carbocycles. The summed E-state index contributed by atoms with van der Waals surface area (Å²) in [7, 11) is 0. The summed E-state index contributed by atoms with van der Waals surface area (Å²) in [6, 6.07) is 7.33. The molecule has 0 bridgehead atoms. The van der Waals surface area contributed by atoms with Gasteiger partial charge >= 0.3 is 0 Å². The normalized spacial score (nSPS) is 19.2. The smallest absolute Gasteiger partial charge is 0.0542 e. The summed E-state index contributed by atoms with van der Waals surface area (Å²) in [6.45, 7) is 8.73. The maximum absolute atomic E-state index is 5.68. The van der Waals surface area contributed by atoms with E-state index in [0.717, 1.165) is 19.5 Å². The van der Waals surface area contributed by atoms with Crippen molar-refractivity contribution in [3.8, 4) is 0 Å². The average Bonchev–Trinajstić information content (AvgIpc) is 2.36. The van der Waals surface area contributed by atoms with Crippen molar-refractivity contribution in [2.45, 2.75) is 44.0 Å². The van der Waals surface area contributed by atoms with Crippen molar-refractivity contribution in [1.29, 1.82) is 0 Å². The molecule has 100 valence electrons. The van der Waals surface area contributed by atoms with Crippen molar-refractivity contribution in [2.24, 2.45) is 5.73 Å². The second kappa shape index (κ2) is 5.98. The molecule has 1 atom stereocenters. The van der Waals surface area contributed by atoms with Crippen molar-refractivity contribution >= 4 is 17.4 Å². The Morgan fingerprint density at radius 3 is 2.89 bits per heavy atom. The van der Waals surface area contributed by atoms with Gasteiger partial charge < -0.3 is 10.6 Å². The number of hydrogen-bond acceptors (Lipinski definition) is 3. The Morgan fingerprint density at radius 2 is 2.22 bits per heavy atom. The van der Waals surface area contributed by atoms with Gasteiger partial charge in [-0.2, -0.15) is 0 Å². The van der Waals surface area contributed by atoms with Gasteiger partial charge in [0.05, 0.1) is 5.69 Å². The van der Waals surface area contributed by atoms with Crippen LogP contribution in [0.3, 0.4) is 0 Å². The van der Waals surface area contributed by atoms with Gasteiger partial charge in [0.2, 0.25) is 0 Å². The molecule has 18 heavy (non-hydrogen) atoms. The Morgan fingerprint density at radius 1 is 1.44 bits per heavy atom. The molecule has 0 saturated heterocycles. The van der Waals surface area contributed by atoms with Crippen LogP contribution >= 0.6 is 11.8 Å². The summed E-state index contributed by atoms with van der Waals surface area (Å²) in [4.78, 5) is 4.00. The number of nitrogens with two attached hydrogens (primary N) is 1. The molecule has 1 unspecified atom stereocenters. The van der Waals surface area contributed by atoms with E-state index < -0.39 is 0 Å². The standard InChI is InChI=1S/C15H24N2S/c1-11(2)13-6-4-7-14-15(13)17(9-5-8-16)12(3)10-18-14/h4,6-7,11-12H,5,8-10,16H2,1-3H3. The molecular formula is C15H24N2S. The van der Waals surface area contributed by atoms with Crippen LogP contribution in [0, 0.1) is 0 Å². The average molecular weight is 264 g/mol. The first-order valence-electron chi connectivity index (χ1n) is 6.87. The molecule has 1 aliphatic heterocycles. The van der Waals surface area contributed by atoms with E-state index in [9.17, 15) is 0 Å². The van der Waals surface area contributed by atoms with Crippen LogP contribution in [0.15, 0.2) is 23.1 Å². The highest BCUT2D eigenvalue weighted by molar-refractivity contribution is 7.99. The Balaban J connectivity index is 2.39. The van der Waals surface area contributed by atoms with E-state index in [4.69, 9.17) is 5.73 Å². The molecule has 0 fully saturated rings. The topological polar surface area (TPSA) is 29.3 Å². The van der Waals surface area contributed by atoms with Gasteiger partial charge in [-0.1, -0.05) is 26.0 Å². The highest BCUT2D eigenvalue weighted by Gasteiger charge is 2.26. The number of anilines is 1. The number of para-hydroxylation sites is 1. The molecule has 0 amide bonds. The Hall–Kier alpha value is -0.670. The minimum absolute atomic E-state index is 0.575. The molecule has 1 aliphatic rings. The molecule has 2 rings (SSSR count). The van der Waals surface area contributed by atoms with Crippen molar-refractivity contribution in [3.05, 3.63) is 23.8 Å². The Labute approximate surface area is 115 Å². The van der Waals surface area contributed by atoms with Crippen LogP contribution in [-0.4, -0.2) is 24.9 Å². The summed E-state index contributed by atoms with van der Waals surface area (Å²) in [5, 5.41) is 0. The zero-order valence-electron chi connectivity index (χ0n) is 11.6. The minimum Gasteiger partial charge on any atom is -0.367 e. The number of nitrogens with zero attached hydrogens (tertiary/aromatic N) is 1. The zero-order valence-corrected chi connectivity index (χ0v) is 12.5. The van der Waals surface area contributed by atoms with E-state index in [0.29, 0.717) is 12.0 Å². The van der Waals surface area contributed by atoms with Gasteiger partial charge in [-0.3, -0.25) is 0 Å². The molecule has 1 heterocycles. The SMILES string of the molecule is CC(C)c1cccc2c1N(CCCN)C(C)CS2. The van der Waals surface area contributed by atoms with Crippen molar-refractivity contribution in [1.82, 2.24) is 0 Å².